The van der Waals surface area contributed by atoms with Crippen molar-refractivity contribution in [3.63, 3.8) is 0 Å². The number of sulfonamides is 1. The van der Waals surface area contributed by atoms with Gasteiger partial charge in [-0.25, -0.2) is 13.4 Å². The predicted octanol–water partition coefficient (Wildman–Crippen LogP) is 3.16. The molecule has 1 N–H and O–H groups in total. The summed E-state index contributed by atoms with van der Waals surface area (Å²) in [5, 5.41) is 2.90. The average molecular weight is 413 g/mol. The van der Waals surface area contributed by atoms with Crippen molar-refractivity contribution in [3.8, 4) is 0 Å². The number of anilines is 1. The summed E-state index contributed by atoms with van der Waals surface area (Å²) in [4.78, 5) is 16.9. The van der Waals surface area contributed by atoms with Crippen LogP contribution in [-0.2, 0) is 21.4 Å². The molecule has 2 aromatic carbocycles. The van der Waals surface area contributed by atoms with Crippen LogP contribution in [0.1, 0.15) is 24.8 Å². The number of carbonyl (C=O) groups excluding carboxylic acids is 1. The normalized spacial score (nSPS) is 15.1. The molecule has 0 spiro atoms. The fraction of sp³-hybridized carbons (Fsp3) is 0.333. The van der Waals surface area contributed by atoms with Crippen molar-refractivity contribution in [2.75, 3.05) is 18.4 Å². The van der Waals surface area contributed by atoms with E-state index >= 15 is 0 Å². The highest BCUT2D eigenvalue weighted by molar-refractivity contribution is 7.89. The Balaban J connectivity index is 1.46. The van der Waals surface area contributed by atoms with Crippen LogP contribution in [0.2, 0.25) is 0 Å². The van der Waals surface area contributed by atoms with Crippen molar-refractivity contribution in [2.24, 2.45) is 0 Å². The summed E-state index contributed by atoms with van der Waals surface area (Å²) < 4.78 is 28.9. The van der Waals surface area contributed by atoms with Crippen LogP contribution >= 0.6 is 0 Å². The Morgan fingerprint density at radius 2 is 1.93 bits per heavy atom. The molecule has 1 aromatic heterocycles. The molecular formula is C21H24N4O3S. The highest BCUT2D eigenvalue weighted by Gasteiger charge is 2.27. The molecule has 8 heteroatoms. The third-order valence-electron chi connectivity index (χ3n) is 5.18. The van der Waals surface area contributed by atoms with Gasteiger partial charge in [-0.1, -0.05) is 12.1 Å². The van der Waals surface area contributed by atoms with Crippen LogP contribution in [0.5, 0.6) is 0 Å². The predicted molar refractivity (Wildman–Crippen MR) is 112 cm³/mol. The van der Waals surface area contributed by atoms with Gasteiger partial charge in [-0.2, -0.15) is 4.31 Å². The van der Waals surface area contributed by atoms with E-state index < -0.39 is 10.0 Å². The summed E-state index contributed by atoms with van der Waals surface area (Å²) in [7, 11) is -3.46. The summed E-state index contributed by atoms with van der Waals surface area (Å²) >= 11 is 0. The van der Waals surface area contributed by atoms with Gasteiger partial charge in [0, 0.05) is 31.7 Å². The highest BCUT2D eigenvalue weighted by Crippen LogP contribution is 2.24. The first-order chi connectivity index (χ1) is 13.9. The minimum atomic E-state index is -3.46. The maximum absolute atomic E-state index is 12.7. The van der Waals surface area contributed by atoms with Crippen molar-refractivity contribution >= 4 is 32.7 Å². The number of nitrogens with zero attached hydrogens (tertiary/aromatic N) is 3. The molecule has 0 unspecified atom stereocenters. The van der Waals surface area contributed by atoms with Crippen LogP contribution in [0.15, 0.2) is 53.7 Å². The molecule has 1 aliphatic rings. The van der Waals surface area contributed by atoms with Gasteiger partial charge < -0.3 is 9.88 Å². The van der Waals surface area contributed by atoms with E-state index in [4.69, 9.17) is 0 Å². The van der Waals surface area contributed by atoms with Crippen LogP contribution in [0.4, 0.5) is 5.69 Å². The number of aryl methyl sites for hydroxylation is 2. The zero-order chi connectivity index (χ0) is 20.4. The zero-order valence-electron chi connectivity index (χ0n) is 16.3. The first-order valence-corrected chi connectivity index (χ1v) is 11.2. The fourth-order valence-corrected chi connectivity index (χ4v) is 5.17. The van der Waals surface area contributed by atoms with E-state index in [-0.39, 0.29) is 10.8 Å². The maximum atomic E-state index is 12.7. The molecule has 29 heavy (non-hydrogen) atoms. The molecule has 7 nitrogen and oxygen atoms in total. The molecule has 0 saturated carbocycles. The van der Waals surface area contributed by atoms with E-state index in [1.807, 2.05) is 35.8 Å². The first kappa shape index (κ1) is 19.6. The van der Waals surface area contributed by atoms with E-state index in [0.29, 0.717) is 31.6 Å². The van der Waals surface area contributed by atoms with Crippen LogP contribution in [0.25, 0.3) is 11.0 Å². The minimum Gasteiger partial charge on any atom is -0.330 e. The average Bonchev–Trinajstić information content (AvgIpc) is 3.36. The second kappa shape index (κ2) is 7.96. The number of hydrogen-bond acceptors (Lipinski definition) is 4. The van der Waals surface area contributed by atoms with Crippen molar-refractivity contribution in [1.82, 2.24) is 13.9 Å². The molecule has 0 atom stereocenters. The van der Waals surface area contributed by atoms with Gasteiger partial charge in [-0.15, -0.1) is 0 Å². The minimum absolute atomic E-state index is 0.0781. The van der Waals surface area contributed by atoms with Crippen molar-refractivity contribution in [3.05, 3.63) is 54.4 Å². The molecule has 1 amide bonds. The summed E-state index contributed by atoms with van der Waals surface area (Å²) in [6, 6.07) is 12.7. The van der Waals surface area contributed by atoms with Crippen molar-refractivity contribution in [1.29, 1.82) is 0 Å². The van der Waals surface area contributed by atoms with Gasteiger partial charge in [-0.05, 0) is 55.7 Å². The Morgan fingerprint density at radius 3 is 2.69 bits per heavy atom. The van der Waals surface area contributed by atoms with Gasteiger partial charge >= 0.3 is 0 Å². The summed E-state index contributed by atoms with van der Waals surface area (Å²) in [5.41, 5.74) is 3.29. The Hall–Kier alpha value is -2.71. The number of imidazole rings is 1. The number of nitrogens with one attached hydrogen (secondary N) is 1. The van der Waals surface area contributed by atoms with Crippen LogP contribution < -0.4 is 5.32 Å². The third kappa shape index (κ3) is 4.18. The second-order valence-electron chi connectivity index (χ2n) is 7.37. The molecule has 152 valence electrons. The van der Waals surface area contributed by atoms with E-state index in [9.17, 15) is 13.2 Å². The second-order valence-corrected chi connectivity index (χ2v) is 9.31. The highest BCUT2D eigenvalue weighted by atomic mass is 32.2. The number of rotatable bonds is 6. The van der Waals surface area contributed by atoms with Crippen molar-refractivity contribution in [2.45, 2.75) is 37.6 Å². The number of carbonyl (C=O) groups is 1. The van der Waals surface area contributed by atoms with Crippen molar-refractivity contribution < 1.29 is 13.2 Å². The van der Waals surface area contributed by atoms with Gasteiger partial charge in [0.2, 0.25) is 15.9 Å². The van der Waals surface area contributed by atoms with Gasteiger partial charge in [0.05, 0.1) is 22.3 Å². The summed E-state index contributed by atoms with van der Waals surface area (Å²) in [6.07, 6.45) is 3.76. The standard InChI is InChI=1S/C21H24N4O3S/c1-16-5-4-6-17(13-16)23-21(26)9-12-24-15-22-19-14-18(7-8-20(19)24)29(27,28)25-10-2-3-11-25/h4-8,13-15H,2-3,9-12H2,1H3,(H,23,26). The largest absolute Gasteiger partial charge is 0.330 e. The fourth-order valence-electron chi connectivity index (χ4n) is 3.63. The molecule has 0 radical (unpaired) electrons. The number of fused-ring (bicyclic) bond motifs is 1. The maximum Gasteiger partial charge on any atom is 0.243 e. The Kier molecular flexibility index (Phi) is 5.38. The smallest absolute Gasteiger partial charge is 0.243 e. The number of aromatic nitrogens is 2. The number of amides is 1. The molecule has 1 fully saturated rings. The Labute approximate surface area is 170 Å². The molecule has 1 aliphatic heterocycles. The molecule has 1 saturated heterocycles. The van der Waals surface area contributed by atoms with Gasteiger partial charge in [0.15, 0.2) is 0 Å². The van der Waals surface area contributed by atoms with E-state index in [1.54, 1.807) is 24.5 Å². The summed E-state index contributed by atoms with van der Waals surface area (Å²) in [6.45, 7) is 3.59. The van der Waals surface area contributed by atoms with Gasteiger partial charge in [0.1, 0.15) is 0 Å². The zero-order valence-corrected chi connectivity index (χ0v) is 17.2. The van der Waals surface area contributed by atoms with E-state index in [0.717, 1.165) is 29.6 Å². The van der Waals surface area contributed by atoms with E-state index in [2.05, 4.69) is 10.3 Å². The molecule has 0 aliphatic carbocycles. The van der Waals surface area contributed by atoms with Crippen LogP contribution in [0, 0.1) is 6.92 Å². The van der Waals surface area contributed by atoms with Crippen LogP contribution in [0.3, 0.4) is 0 Å². The Morgan fingerprint density at radius 1 is 1.14 bits per heavy atom. The summed E-state index contributed by atoms with van der Waals surface area (Å²) in [5.74, 6) is -0.0781. The topological polar surface area (TPSA) is 84.3 Å². The van der Waals surface area contributed by atoms with Gasteiger partial charge in [0.25, 0.3) is 0 Å². The van der Waals surface area contributed by atoms with Crippen LogP contribution in [-0.4, -0.2) is 41.3 Å². The third-order valence-corrected chi connectivity index (χ3v) is 7.07. The first-order valence-electron chi connectivity index (χ1n) is 9.75. The Bertz CT molecular complexity index is 1150. The molecule has 0 bridgehead atoms. The lowest BCUT2D eigenvalue weighted by molar-refractivity contribution is -0.116. The SMILES string of the molecule is Cc1cccc(NC(=O)CCn2cnc3cc(S(=O)(=O)N4CCCC4)ccc32)c1. The number of hydrogen-bond donors (Lipinski definition) is 1. The number of benzene rings is 2. The lowest BCUT2D eigenvalue weighted by atomic mass is 10.2. The quantitative estimate of drug-likeness (QED) is 0.674. The molecule has 2 heterocycles. The molecule has 3 aromatic rings. The molecule has 4 rings (SSSR count). The lowest BCUT2D eigenvalue weighted by Crippen LogP contribution is -2.27. The van der Waals surface area contributed by atoms with Gasteiger partial charge in [-0.3, -0.25) is 4.79 Å². The monoisotopic (exact) mass is 412 g/mol. The lowest BCUT2D eigenvalue weighted by Gasteiger charge is -2.15. The molecular weight excluding hydrogens is 388 g/mol. The van der Waals surface area contributed by atoms with E-state index in [1.165, 1.54) is 4.31 Å².